The number of nitrogens with one attached hydrogen (secondary N) is 3. The fourth-order valence-corrected chi connectivity index (χ4v) is 5.52. The van der Waals surface area contributed by atoms with E-state index < -0.39 is 35.5 Å². The Balaban J connectivity index is 1.46. The highest BCUT2D eigenvalue weighted by Crippen LogP contribution is 2.31. The number of aliphatic hydroxyl groups is 1. The average Bonchev–Trinajstić information content (AvgIpc) is 3.50. The molecule has 2 fully saturated rings. The maximum Gasteiger partial charge on any atom is 0.243 e. The van der Waals surface area contributed by atoms with Crippen LogP contribution in [0.4, 0.5) is 0 Å². The largest absolute Gasteiger partial charge is 0.497 e. The van der Waals surface area contributed by atoms with E-state index in [4.69, 9.17) is 9.47 Å². The molecule has 1 aliphatic heterocycles. The number of ether oxygens (including phenoxy) is 2. The molecule has 0 unspecified atom stereocenters. The number of ketones is 1. The molecule has 4 N–H and O–H groups in total. The lowest BCUT2D eigenvalue weighted by Gasteiger charge is -2.27. The van der Waals surface area contributed by atoms with Gasteiger partial charge in [-0.25, -0.2) is 0 Å². The van der Waals surface area contributed by atoms with Crippen LogP contribution in [0.5, 0.6) is 5.75 Å². The molecule has 1 saturated heterocycles. The fourth-order valence-electron chi connectivity index (χ4n) is 5.52. The van der Waals surface area contributed by atoms with Crippen LogP contribution in [-0.2, 0) is 30.3 Å². The molecule has 4 atom stereocenters. The summed E-state index contributed by atoms with van der Waals surface area (Å²) in [6, 6.07) is 4.56. The zero-order valence-electron chi connectivity index (χ0n) is 24.2. The van der Waals surface area contributed by atoms with E-state index in [9.17, 15) is 24.3 Å². The predicted octanol–water partition coefficient (Wildman–Crippen LogP) is 2.12. The molecule has 3 amide bonds. The third kappa shape index (κ3) is 8.39. The maximum absolute atomic E-state index is 13.7. The number of allylic oxidation sites excluding steroid dienone is 1. The summed E-state index contributed by atoms with van der Waals surface area (Å²) in [5, 5.41) is 18.2. The predicted molar refractivity (Wildman–Crippen MR) is 152 cm³/mol. The molecule has 2 aliphatic carbocycles. The fraction of sp³-hybridized carbons (Fsp3) is 0.613. The SMILES string of the molecule is COc1ccc(C[C@H](NC(=O)[C@@H](C)NC(=O)C2CCC(O)CC2)C(=O)N[C@@H](CC2=CCCC2)C(=O)[C@]2(C)CO2)cc1. The Kier molecular flexibility index (Phi) is 10.2. The second kappa shape index (κ2) is 13.6. The van der Waals surface area contributed by atoms with Gasteiger partial charge < -0.3 is 30.5 Å². The van der Waals surface area contributed by atoms with E-state index in [1.807, 2.05) is 12.1 Å². The number of carbonyl (C=O) groups is 4. The highest BCUT2D eigenvalue weighted by Gasteiger charge is 2.50. The second-order valence-corrected chi connectivity index (χ2v) is 11.8. The number of rotatable bonds is 13. The molecule has 1 saturated carbocycles. The number of amides is 3. The molecule has 1 aromatic rings. The Morgan fingerprint density at radius 1 is 1.00 bits per heavy atom. The van der Waals surface area contributed by atoms with Gasteiger partial charge in [0, 0.05) is 12.3 Å². The molecule has 224 valence electrons. The van der Waals surface area contributed by atoms with Crippen LogP contribution < -0.4 is 20.7 Å². The minimum absolute atomic E-state index is 0.175. The number of carbonyl (C=O) groups excluding carboxylic acids is 4. The number of hydrogen-bond acceptors (Lipinski definition) is 7. The molecule has 41 heavy (non-hydrogen) atoms. The Labute approximate surface area is 241 Å². The first-order chi connectivity index (χ1) is 19.6. The summed E-state index contributed by atoms with van der Waals surface area (Å²) in [5.41, 5.74) is 1.03. The first-order valence-electron chi connectivity index (χ1n) is 14.7. The molecule has 0 spiro atoms. The van der Waals surface area contributed by atoms with Crippen LogP contribution in [0, 0.1) is 5.92 Å². The minimum Gasteiger partial charge on any atom is -0.497 e. The Morgan fingerprint density at radius 3 is 2.24 bits per heavy atom. The van der Waals surface area contributed by atoms with Gasteiger partial charge in [-0.15, -0.1) is 0 Å². The molecular formula is C31H43N3O7. The zero-order chi connectivity index (χ0) is 29.6. The monoisotopic (exact) mass is 569 g/mol. The molecular weight excluding hydrogens is 526 g/mol. The Hall–Kier alpha value is -3.24. The van der Waals surface area contributed by atoms with Crippen LogP contribution in [-0.4, -0.2) is 72.2 Å². The number of aliphatic hydroxyl groups excluding tert-OH is 1. The van der Waals surface area contributed by atoms with Crippen molar-refractivity contribution in [3.05, 3.63) is 41.5 Å². The molecule has 4 rings (SSSR count). The van der Waals surface area contributed by atoms with Gasteiger partial charge in [-0.2, -0.15) is 0 Å². The van der Waals surface area contributed by atoms with Gasteiger partial charge in [-0.1, -0.05) is 23.8 Å². The first-order valence-corrected chi connectivity index (χ1v) is 14.7. The van der Waals surface area contributed by atoms with Crippen molar-refractivity contribution < 1.29 is 33.8 Å². The Bertz CT molecular complexity index is 1140. The standard InChI is InChI=1S/C31H43N3O7/c1-19(32-29(38)22-10-12-23(35)13-11-22)28(37)34-26(17-21-8-14-24(40-3)15-9-21)30(39)33-25(16-20-6-4-5-7-20)27(36)31(2)18-41-31/h6,8-9,14-15,19,22-23,25-26,35H,4-5,7,10-13,16-18H2,1-3H3,(H,32,38)(H,33,39)(H,34,37)/t19-,22?,23?,25+,26+,31+/m1/s1. The van der Waals surface area contributed by atoms with Gasteiger partial charge >= 0.3 is 0 Å². The van der Waals surface area contributed by atoms with Gasteiger partial charge in [0.15, 0.2) is 5.78 Å². The van der Waals surface area contributed by atoms with E-state index in [0.29, 0.717) is 44.5 Å². The van der Waals surface area contributed by atoms with Crippen molar-refractivity contribution in [2.24, 2.45) is 5.92 Å². The lowest BCUT2D eigenvalue weighted by molar-refractivity contribution is -0.134. The lowest BCUT2D eigenvalue weighted by atomic mass is 9.87. The van der Waals surface area contributed by atoms with Crippen LogP contribution in [0.2, 0.25) is 0 Å². The van der Waals surface area contributed by atoms with Crippen molar-refractivity contribution in [3.63, 3.8) is 0 Å². The van der Waals surface area contributed by atoms with Gasteiger partial charge in [0.25, 0.3) is 0 Å². The lowest BCUT2D eigenvalue weighted by Crippen LogP contribution is -2.57. The van der Waals surface area contributed by atoms with Crippen LogP contribution in [0.1, 0.15) is 70.8 Å². The smallest absolute Gasteiger partial charge is 0.243 e. The summed E-state index contributed by atoms with van der Waals surface area (Å²) in [5.74, 6) is -0.972. The van der Waals surface area contributed by atoms with Crippen LogP contribution in [0.3, 0.4) is 0 Å². The Morgan fingerprint density at radius 2 is 1.66 bits per heavy atom. The summed E-state index contributed by atoms with van der Waals surface area (Å²) in [6.45, 7) is 3.63. The van der Waals surface area contributed by atoms with E-state index in [1.54, 1.807) is 33.1 Å². The molecule has 3 aliphatic rings. The van der Waals surface area contributed by atoms with E-state index in [2.05, 4.69) is 22.0 Å². The van der Waals surface area contributed by atoms with Crippen LogP contribution >= 0.6 is 0 Å². The summed E-state index contributed by atoms with van der Waals surface area (Å²) in [6.07, 6.45) is 7.46. The van der Waals surface area contributed by atoms with Crippen molar-refractivity contribution in [2.45, 2.75) is 101 Å². The highest BCUT2D eigenvalue weighted by atomic mass is 16.6. The quantitative estimate of drug-likeness (QED) is 0.210. The second-order valence-electron chi connectivity index (χ2n) is 11.8. The van der Waals surface area contributed by atoms with Crippen molar-refractivity contribution >= 4 is 23.5 Å². The van der Waals surface area contributed by atoms with Gasteiger partial charge in [0.2, 0.25) is 17.7 Å². The first kappa shape index (κ1) is 30.7. The van der Waals surface area contributed by atoms with Gasteiger partial charge in [0.05, 0.1) is 25.9 Å². The molecule has 0 radical (unpaired) electrons. The van der Waals surface area contributed by atoms with Crippen LogP contribution in [0.25, 0.3) is 0 Å². The van der Waals surface area contributed by atoms with Gasteiger partial charge in [-0.3, -0.25) is 19.2 Å². The molecule has 10 heteroatoms. The van der Waals surface area contributed by atoms with Crippen LogP contribution in [0.15, 0.2) is 35.9 Å². The number of hydrogen-bond donors (Lipinski definition) is 4. The topological polar surface area (TPSA) is 146 Å². The molecule has 0 bridgehead atoms. The minimum atomic E-state index is -0.985. The summed E-state index contributed by atoms with van der Waals surface area (Å²) in [4.78, 5) is 53.0. The molecule has 1 heterocycles. The molecule has 10 nitrogen and oxygen atoms in total. The third-order valence-electron chi connectivity index (χ3n) is 8.38. The van der Waals surface area contributed by atoms with Crippen molar-refractivity contribution in [2.75, 3.05) is 13.7 Å². The van der Waals surface area contributed by atoms with Crippen molar-refractivity contribution in [3.8, 4) is 5.75 Å². The maximum atomic E-state index is 13.7. The molecule has 1 aromatic carbocycles. The summed E-state index contributed by atoms with van der Waals surface area (Å²) in [7, 11) is 1.57. The number of Topliss-reactive ketones (excluding diaryl/α,β-unsaturated/α-hetero) is 1. The summed E-state index contributed by atoms with van der Waals surface area (Å²) < 4.78 is 10.6. The van der Waals surface area contributed by atoms with E-state index in [0.717, 1.165) is 30.4 Å². The normalized spacial score (nSPS) is 25.7. The van der Waals surface area contributed by atoms with Gasteiger partial charge in [0.1, 0.15) is 23.4 Å². The van der Waals surface area contributed by atoms with Gasteiger partial charge in [-0.05, 0) is 82.9 Å². The number of epoxide rings is 1. The van der Waals surface area contributed by atoms with E-state index >= 15 is 0 Å². The highest BCUT2D eigenvalue weighted by molar-refractivity contribution is 5.98. The van der Waals surface area contributed by atoms with Crippen molar-refractivity contribution in [1.29, 1.82) is 0 Å². The van der Waals surface area contributed by atoms with E-state index in [1.165, 1.54) is 0 Å². The summed E-state index contributed by atoms with van der Waals surface area (Å²) >= 11 is 0. The number of methoxy groups -OCH3 is 1. The molecule has 0 aromatic heterocycles. The number of benzene rings is 1. The zero-order valence-corrected chi connectivity index (χ0v) is 24.2. The third-order valence-corrected chi connectivity index (χ3v) is 8.38. The average molecular weight is 570 g/mol. The van der Waals surface area contributed by atoms with E-state index in [-0.39, 0.29) is 30.1 Å². The van der Waals surface area contributed by atoms with Crippen molar-refractivity contribution in [1.82, 2.24) is 16.0 Å².